The van der Waals surface area contributed by atoms with Gasteiger partial charge in [0.05, 0.1) is 17.5 Å². The Morgan fingerprint density at radius 2 is 2.17 bits per heavy atom. The Morgan fingerprint density at radius 3 is 2.75 bits per heavy atom. The normalized spacial score (nSPS) is 13.6. The molecular formula is C15H12F2N4O3. The molecule has 2 aromatic rings. The lowest BCUT2D eigenvalue weighted by Crippen LogP contribution is -2.20. The van der Waals surface area contributed by atoms with Crippen molar-refractivity contribution in [3.05, 3.63) is 50.1 Å². The van der Waals surface area contributed by atoms with E-state index in [1.54, 1.807) is 6.92 Å². The first-order valence-corrected chi connectivity index (χ1v) is 7.29. The number of carbonyl (C=O) groups is 1. The van der Waals surface area contributed by atoms with Crippen LogP contribution in [0, 0.1) is 11.6 Å². The number of esters is 1. The van der Waals surface area contributed by atoms with Crippen LogP contribution in [0.4, 0.5) is 14.5 Å². The molecule has 1 aliphatic rings. The fourth-order valence-corrected chi connectivity index (χ4v) is 2.62. The molecule has 1 aliphatic carbocycles. The molecule has 1 fully saturated rings. The number of carbonyl (C=O) groups excluding carboxylic acids is 1. The summed E-state index contributed by atoms with van der Waals surface area (Å²) in [6, 6.07) is 1.63. The monoisotopic (exact) mass is 334 g/mol. The van der Waals surface area contributed by atoms with Gasteiger partial charge in [-0.3, -0.25) is 4.79 Å². The third-order valence-corrected chi connectivity index (χ3v) is 3.74. The molecule has 7 nitrogen and oxygen atoms in total. The van der Waals surface area contributed by atoms with Crippen LogP contribution in [0.25, 0.3) is 21.3 Å². The van der Waals surface area contributed by atoms with Crippen molar-refractivity contribution in [1.82, 2.24) is 4.57 Å². The van der Waals surface area contributed by atoms with Crippen LogP contribution in [-0.4, -0.2) is 17.1 Å². The maximum absolute atomic E-state index is 14.8. The highest BCUT2D eigenvalue weighted by Gasteiger charge is 2.32. The van der Waals surface area contributed by atoms with Crippen molar-refractivity contribution < 1.29 is 18.3 Å². The number of nitrogens with zero attached hydrogens (tertiary/aromatic N) is 4. The molecule has 1 saturated carbocycles. The molecule has 0 N–H and O–H groups in total. The Labute approximate surface area is 134 Å². The summed E-state index contributed by atoms with van der Waals surface area (Å²) in [5, 5.41) is 2.80. The topological polar surface area (TPSA) is 97.1 Å². The summed E-state index contributed by atoms with van der Waals surface area (Å²) in [4.78, 5) is 26.7. The third-order valence-electron chi connectivity index (χ3n) is 3.74. The first-order chi connectivity index (χ1) is 11.5. The van der Waals surface area contributed by atoms with Crippen LogP contribution in [0.1, 0.15) is 36.3 Å². The number of ether oxygens (including phenoxy) is 1. The van der Waals surface area contributed by atoms with Gasteiger partial charge in [0.1, 0.15) is 17.2 Å². The van der Waals surface area contributed by atoms with Crippen molar-refractivity contribution in [2.75, 3.05) is 6.61 Å². The zero-order valence-corrected chi connectivity index (χ0v) is 12.6. The molecule has 1 aromatic heterocycles. The van der Waals surface area contributed by atoms with E-state index >= 15 is 0 Å². The van der Waals surface area contributed by atoms with Crippen LogP contribution >= 0.6 is 0 Å². The average Bonchev–Trinajstić information content (AvgIpc) is 3.37. The molecule has 9 heteroatoms. The highest BCUT2D eigenvalue weighted by molar-refractivity contribution is 5.93. The van der Waals surface area contributed by atoms with E-state index in [9.17, 15) is 18.4 Å². The zero-order chi connectivity index (χ0) is 17.4. The molecule has 0 aliphatic heterocycles. The van der Waals surface area contributed by atoms with Gasteiger partial charge >= 0.3 is 5.97 Å². The molecule has 0 bridgehead atoms. The maximum Gasteiger partial charge on any atom is 0.355 e. The molecule has 0 amide bonds. The SMILES string of the molecule is CCOC(=O)c1cc(=O)c2cc(F)c(N=[N+]=[N-])c(F)c2n1C1CC1. The number of hydrogen-bond acceptors (Lipinski definition) is 4. The van der Waals surface area contributed by atoms with Gasteiger partial charge in [0, 0.05) is 17.0 Å². The predicted molar refractivity (Wildman–Crippen MR) is 81.2 cm³/mol. The molecule has 0 spiro atoms. The molecule has 0 radical (unpaired) electrons. The summed E-state index contributed by atoms with van der Waals surface area (Å²) >= 11 is 0. The maximum atomic E-state index is 14.8. The summed E-state index contributed by atoms with van der Waals surface area (Å²) in [7, 11) is 0. The quantitative estimate of drug-likeness (QED) is 0.369. The number of hydrogen-bond donors (Lipinski definition) is 0. The predicted octanol–water partition coefficient (Wildman–Crippen LogP) is 3.73. The number of rotatable bonds is 4. The van der Waals surface area contributed by atoms with Gasteiger partial charge in [-0.15, -0.1) is 0 Å². The highest BCUT2D eigenvalue weighted by atomic mass is 19.1. The molecule has 1 aromatic carbocycles. The second-order valence-corrected chi connectivity index (χ2v) is 5.32. The number of fused-ring (bicyclic) bond motifs is 1. The van der Waals surface area contributed by atoms with Gasteiger partial charge in [-0.25, -0.2) is 13.6 Å². The second-order valence-electron chi connectivity index (χ2n) is 5.32. The van der Waals surface area contributed by atoms with Gasteiger partial charge in [0.2, 0.25) is 0 Å². The van der Waals surface area contributed by atoms with E-state index in [-0.39, 0.29) is 29.2 Å². The standard InChI is InChI=1S/C15H12F2N4O3/c1-2-24-15(23)10-6-11(22)8-5-9(16)13(19-20-18)12(17)14(8)21(10)7-3-4-7/h5-7H,2-4H2,1H3. The van der Waals surface area contributed by atoms with E-state index in [0.717, 1.165) is 12.1 Å². The number of pyridine rings is 1. The smallest absolute Gasteiger partial charge is 0.355 e. The zero-order valence-electron chi connectivity index (χ0n) is 12.6. The van der Waals surface area contributed by atoms with Crippen molar-refractivity contribution in [1.29, 1.82) is 0 Å². The van der Waals surface area contributed by atoms with Crippen LogP contribution in [0.2, 0.25) is 0 Å². The van der Waals surface area contributed by atoms with Crippen molar-refractivity contribution >= 4 is 22.6 Å². The Bertz CT molecular complexity index is 960. The van der Waals surface area contributed by atoms with Gasteiger partial charge in [0.25, 0.3) is 0 Å². The average molecular weight is 334 g/mol. The minimum absolute atomic E-state index is 0.0889. The minimum Gasteiger partial charge on any atom is -0.461 e. The van der Waals surface area contributed by atoms with Crippen LogP contribution in [0.5, 0.6) is 0 Å². The minimum atomic E-state index is -1.17. The highest BCUT2D eigenvalue weighted by Crippen LogP contribution is 2.40. The Morgan fingerprint density at radius 1 is 1.46 bits per heavy atom. The van der Waals surface area contributed by atoms with Crippen LogP contribution < -0.4 is 5.43 Å². The van der Waals surface area contributed by atoms with Crippen molar-refractivity contribution in [3.8, 4) is 0 Å². The number of halogens is 2. The molecule has 0 atom stereocenters. The molecule has 124 valence electrons. The van der Waals surface area contributed by atoms with Gasteiger partial charge < -0.3 is 9.30 Å². The Kier molecular flexibility index (Phi) is 3.94. The van der Waals surface area contributed by atoms with E-state index in [4.69, 9.17) is 10.3 Å². The molecule has 3 rings (SSSR count). The Balaban J connectivity index is 2.45. The number of benzene rings is 1. The number of aromatic nitrogens is 1. The van der Waals surface area contributed by atoms with E-state index in [0.29, 0.717) is 12.8 Å². The van der Waals surface area contributed by atoms with Gasteiger partial charge in [-0.1, -0.05) is 5.11 Å². The van der Waals surface area contributed by atoms with Crippen molar-refractivity contribution in [2.24, 2.45) is 5.11 Å². The van der Waals surface area contributed by atoms with E-state index < -0.39 is 28.7 Å². The fourth-order valence-electron chi connectivity index (χ4n) is 2.62. The van der Waals surface area contributed by atoms with Gasteiger partial charge in [-0.2, -0.15) is 0 Å². The lowest BCUT2D eigenvalue weighted by Gasteiger charge is -2.16. The summed E-state index contributed by atoms with van der Waals surface area (Å²) in [6.07, 6.45) is 1.36. The third kappa shape index (κ3) is 2.48. The van der Waals surface area contributed by atoms with E-state index in [2.05, 4.69) is 10.0 Å². The van der Waals surface area contributed by atoms with Crippen molar-refractivity contribution in [2.45, 2.75) is 25.8 Å². The van der Waals surface area contributed by atoms with Gasteiger partial charge in [-0.05, 0) is 31.4 Å². The molecule has 0 unspecified atom stereocenters. The largest absolute Gasteiger partial charge is 0.461 e. The lowest BCUT2D eigenvalue weighted by molar-refractivity contribution is 0.0513. The molecule has 24 heavy (non-hydrogen) atoms. The lowest BCUT2D eigenvalue weighted by atomic mass is 10.1. The molecule has 0 saturated heterocycles. The Hall–Kier alpha value is -2.93. The van der Waals surface area contributed by atoms with Crippen LogP contribution in [0.3, 0.4) is 0 Å². The van der Waals surface area contributed by atoms with Gasteiger partial charge in [0.15, 0.2) is 11.2 Å². The van der Waals surface area contributed by atoms with Crippen molar-refractivity contribution in [3.63, 3.8) is 0 Å². The first kappa shape index (κ1) is 15.9. The summed E-state index contributed by atoms with van der Waals surface area (Å²) < 4.78 is 34.9. The second kappa shape index (κ2) is 5.93. The van der Waals surface area contributed by atoms with Crippen LogP contribution in [-0.2, 0) is 4.74 Å². The summed E-state index contributed by atoms with van der Waals surface area (Å²) in [6.45, 7) is 1.69. The van der Waals surface area contributed by atoms with E-state index in [1.165, 1.54) is 4.57 Å². The first-order valence-electron chi connectivity index (χ1n) is 7.29. The summed E-state index contributed by atoms with van der Waals surface area (Å²) in [5.74, 6) is -3.07. The summed E-state index contributed by atoms with van der Waals surface area (Å²) in [5.41, 5.74) is 6.58. The fraction of sp³-hybridized carbons (Fsp3) is 0.333. The number of azide groups is 1. The van der Waals surface area contributed by atoms with Crippen LogP contribution in [0.15, 0.2) is 22.0 Å². The molecular weight excluding hydrogens is 322 g/mol. The molecule has 1 heterocycles. The van der Waals surface area contributed by atoms with E-state index in [1.807, 2.05) is 0 Å².